The van der Waals surface area contributed by atoms with Crippen molar-refractivity contribution in [2.45, 2.75) is 25.5 Å². The minimum Gasteiger partial charge on any atom is -0.479 e. The fourth-order valence-corrected chi connectivity index (χ4v) is 2.82. The van der Waals surface area contributed by atoms with Gasteiger partial charge in [0.05, 0.1) is 6.33 Å². The third kappa shape index (κ3) is 2.76. The van der Waals surface area contributed by atoms with Crippen molar-refractivity contribution in [2.75, 3.05) is 11.9 Å². The van der Waals surface area contributed by atoms with Crippen molar-refractivity contribution in [1.29, 1.82) is 0 Å². The van der Waals surface area contributed by atoms with Gasteiger partial charge in [-0.25, -0.2) is 9.37 Å². The first kappa shape index (κ1) is 14.8. The number of rotatable bonds is 3. The zero-order valence-corrected chi connectivity index (χ0v) is 12.8. The number of imidazole rings is 1. The Bertz CT molecular complexity index is 859. The number of benzene rings is 1. The van der Waals surface area contributed by atoms with Gasteiger partial charge in [0, 0.05) is 12.3 Å². The van der Waals surface area contributed by atoms with Gasteiger partial charge in [-0.05, 0) is 43.5 Å². The third-order valence-corrected chi connectivity index (χ3v) is 3.98. The van der Waals surface area contributed by atoms with Gasteiger partial charge < -0.3 is 15.2 Å². The molecule has 1 aromatic carbocycles. The number of aromatic nitrogens is 4. The topological polar surface area (TPSA) is 85.1 Å². The van der Waals surface area contributed by atoms with Crippen LogP contribution in [0.5, 0.6) is 6.01 Å². The molecule has 7 nitrogen and oxygen atoms in total. The summed E-state index contributed by atoms with van der Waals surface area (Å²) in [5, 5.41) is 12.9. The Balaban J connectivity index is 1.73. The lowest BCUT2D eigenvalue weighted by Gasteiger charge is -2.23. The van der Waals surface area contributed by atoms with Crippen LogP contribution in [0.2, 0.25) is 0 Å². The molecule has 0 aliphatic carbocycles. The average molecular weight is 329 g/mol. The summed E-state index contributed by atoms with van der Waals surface area (Å²) in [6.07, 6.45) is 4.49. The van der Waals surface area contributed by atoms with Crippen LogP contribution in [0.4, 0.5) is 15.9 Å². The maximum absolute atomic E-state index is 13.0. The minimum atomic E-state index is -0.357. The van der Waals surface area contributed by atoms with E-state index >= 15 is 0 Å². The van der Waals surface area contributed by atoms with Crippen LogP contribution in [0.15, 0.2) is 30.6 Å². The van der Waals surface area contributed by atoms with Gasteiger partial charge in [0.2, 0.25) is 0 Å². The molecule has 2 N–H and O–H groups in total. The molecule has 0 saturated carbocycles. The van der Waals surface area contributed by atoms with E-state index in [0.717, 1.165) is 19.3 Å². The number of fused-ring (bicyclic) bond motifs is 1. The lowest BCUT2D eigenvalue weighted by atomic mass is 10.2. The van der Waals surface area contributed by atoms with Gasteiger partial charge >= 0.3 is 6.01 Å². The molecule has 3 heterocycles. The Kier molecular flexibility index (Phi) is 3.73. The monoisotopic (exact) mass is 329 g/mol. The van der Waals surface area contributed by atoms with E-state index in [9.17, 15) is 9.50 Å². The van der Waals surface area contributed by atoms with Gasteiger partial charge in [-0.15, -0.1) is 0 Å². The molecule has 0 amide bonds. The second-order valence-corrected chi connectivity index (χ2v) is 5.65. The van der Waals surface area contributed by atoms with Gasteiger partial charge in [-0.1, -0.05) is 0 Å². The SMILES string of the molecule is Oc1nc(Nc2ccc(F)cc2)c2ncn(C3CCCCO3)c2n1. The van der Waals surface area contributed by atoms with Gasteiger partial charge in [-0.2, -0.15) is 9.97 Å². The Morgan fingerprint density at radius 3 is 2.79 bits per heavy atom. The fourth-order valence-electron chi connectivity index (χ4n) is 2.82. The number of nitrogens with zero attached hydrogens (tertiary/aromatic N) is 4. The molecule has 1 saturated heterocycles. The normalized spacial score (nSPS) is 18.0. The van der Waals surface area contributed by atoms with Crippen LogP contribution in [0.25, 0.3) is 11.2 Å². The molecular weight excluding hydrogens is 313 g/mol. The van der Waals surface area contributed by atoms with Crippen molar-refractivity contribution >= 4 is 22.7 Å². The van der Waals surface area contributed by atoms with Crippen LogP contribution in [-0.4, -0.2) is 31.2 Å². The summed E-state index contributed by atoms with van der Waals surface area (Å²) in [5.74, 6) is 0.0358. The number of hydrogen-bond donors (Lipinski definition) is 2. The molecule has 24 heavy (non-hydrogen) atoms. The van der Waals surface area contributed by atoms with Gasteiger partial charge in [0.25, 0.3) is 0 Å². The molecule has 1 aliphatic heterocycles. The molecule has 8 heteroatoms. The van der Waals surface area contributed by atoms with E-state index in [1.54, 1.807) is 18.5 Å². The van der Waals surface area contributed by atoms with E-state index in [1.165, 1.54) is 12.1 Å². The molecule has 3 aromatic rings. The molecule has 4 rings (SSSR count). The van der Waals surface area contributed by atoms with E-state index in [2.05, 4.69) is 20.3 Å². The van der Waals surface area contributed by atoms with Crippen LogP contribution in [-0.2, 0) is 4.74 Å². The number of nitrogens with one attached hydrogen (secondary N) is 1. The molecule has 1 atom stereocenters. The molecule has 1 unspecified atom stereocenters. The Hall–Kier alpha value is -2.74. The Morgan fingerprint density at radius 2 is 2.04 bits per heavy atom. The number of halogens is 1. The Labute approximate surface area is 137 Å². The lowest BCUT2D eigenvalue weighted by molar-refractivity contribution is -0.0298. The molecule has 0 spiro atoms. The molecule has 1 aliphatic rings. The molecule has 124 valence electrons. The predicted octanol–water partition coefficient (Wildman–Crippen LogP) is 3.11. The van der Waals surface area contributed by atoms with Crippen LogP contribution < -0.4 is 5.32 Å². The molecule has 0 bridgehead atoms. The highest BCUT2D eigenvalue weighted by atomic mass is 19.1. The van der Waals surface area contributed by atoms with E-state index < -0.39 is 0 Å². The Morgan fingerprint density at radius 1 is 1.21 bits per heavy atom. The summed E-state index contributed by atoms with van der Waals surface area (Å²) in [6.45, 7) is 0.697. The quantitative estimate of drug-likeness (QED) is 0.768. The van der Waals surface area contributed by atoms with E-state index in [0.29, 0.717) is 29.3 Å². The maximum Gasteiger partial charge on any atom is 0.318 e. The van der Waals surface area contributed by atoms with Crippen LogP contribution in [0.1, 0.15) is 25.5 Å². The first-order valence-corrected chi connectivity index (χ1v) is 7.78. The minimum absolute atomic E-state index is 0.142. The first-order valence-electron chi connectivity index (χ1n) is 7.78. The van der Waals surface area contributed by atoms with E-state index in [1.807, 2.05) is 4.57 Å². The van der Waals surface area contributed by atoms with Gasteiger partial charge in [-0.3, -0.25) is 4.57 Å². The standard InChI is InChI=1S/C16H16FN5O2/c17-10-4-6-11(7-5-10)19-14-13-15(21-16(23)20-14)22(9-18-13)12-3-1-2-8-24-12/h4-7,9,12H,1-3,8H2,(H2,19,20,21,23). The van der Waals surface area contributed by atoms with Crippen molar-refractivity contribution in [3.05, 3.63) is 36.4 Å². The van der Waals surface area contributed by atoms with Crippen molar-refractivity contribution in [1.82, 2.24) is 19.5 Å². The highest BCUT2D eigenvalue weighted by Gasteiger charge is 2.21. The molecular formula is C16H16FN5O2. The maximum atomic E-state index is 13.0. The van der Waals surface area contributed by atoms with Crippen molar-refractivity contribution in [3.63, 3.8) is 0 Å². The van der Waals surface area contributed by atoms with Crippen molar-refractivity contribution in [3.8, 4) is 6.01 Å². The highest BCUT2D eigenvalue weighted by molar-refractivity contribution is 5.85. The number of hydrogen-bond acceptors (Lipinski definition) is 6. The first-order chi connectivity index (χ1) is 11.7. The lowest BCUT2D eigenvalue weighted by Crippen LogP contribution is -2.17. The van der Waals surface area contributed by atoms with Crippen molar-refractivity contribution in [2.24, 2.45) is 0 Å². The second kappa shape index (κ2) is 6.04. The summed E-state index contributed by atoms with van der Waals surface area (Å²) in [5.41, 5.74) is 1.66. The zero-order chi connectivity index (χ0) is 16.5. The van der Waals surface area contributed by atoms with Crippen molar-refractivity contribution < 1.29 is 14.2 Å². The number of anilines is 2. The summed E-state index contributed by atoms with van der Waals surface area (Å²) in [7, 11) is 0. The molecule has 0 radical (unpaired) electrons. The summed E-state index contributed by atoms with van der Waals surface area (Å²) < 4.78 is 20.6. The average Bonchev–Trinajstić information content (AvgIpc) is 3.01. The number of aromatic hydroxyl groups is 1. The highest BCUT2D eigenvalue weighted by Crippen LogP contribution is 2.29. The summed E-state index contributed by atoms with van der Waals surface area (Å²) in [4.78, 5) is 12.5. The smallest absolute Gasteiger partial charge is 0.318 e. The fraction of sp³-hybridized carbons (Fsp3) is 0.312. The molecule has 2 aromatic heterocycles. The summed E-state index contributed by atoms with van der Waals surface area (Å²) in [6, 6.07) is 5.50. The van der Waals surface area contributed by atoms with Gasteiger partial charge in [0.15, 0.2) is 17.0 Å². The van der Waals surface area contributed by atoms with Crippen LogP contribution in [0, 0.1) is 5.82 Å². The van der Waals surface area contributed by atoms with E-state index in [4.69, 9.17) is 4.74 Å². The predicted molar refractivity (Wildman–Crippen MR) is 85.5 cm³/mol. The van der Waals surface area contributed by atoms with E-state index in [-0.39, 0.29) is 18.1 Å². The molecule has 1 fully saturated rings. The second-order valence-electron chi connectivity index (χ2n) is 5.65. The number of ether oxygens (including phenoxy) is 1. The summed E-state index contributed by atoms with van der Waals surface area (Å²) >= 11 is 0. The zero-order valence-electron chi connectivity index (χ0n) is 12.8. The van der Waals surface area contributed by atoms with Crippen LogP contribution in [0.3, 0.4) is 0 Å². The van der Waals surface area contributed by atoms with Gasteiger partial charge in [0.1, 0.15) is 12.0 Å². The largest absolute Gasteiger partial charge is 0.479 e. The van der Waals surface area contributed by atoms with Crippen LogP contribution >= 0.6 is 0 Å². The third-order valence-electron chi connectivity index (χ3n) is 3.98.